The van der Waals surface area contributed by atoms with E-state index in [9.17, 15) is 8.42 Å². The minimum atomic E-state index is -3.60. The molecule has 0 amide bonds. The molecule has 0 spiro atoms. The van der Waals surface area contributed by atoms with E-state index in [-0.39, 0.29) is 16.9 Å². The Kier molecular flexibility index (Phi) is 5.71. The van der Waals surface area contributed by atoms with Gasteiger partial charge in [0.2, 0.25) is 10.0 Å². The van der Waals surface area contributed by atoms with Crippen LogP contribution in [0, 0.1) is 6.92 Å². The maximum Gasteiger partial charge on any atom is 0.241 e. The van der Waals surface area contributed by atoms with E-state index >= 15 is 0 Å². The van der Waals surface area contributed by atoms with Gasteiger partial charge >= 0.3 is 0 Å². The number of aryl methyl sites for hydroxylation is 1. The predicted octanol–water partition coefficient (Wildman–Crippen LogP) is 6.25. The SMILES string of the molecule is Cc1ccc(S(=O)(=O)NC2CCC(c3ccc(Cl)c(Cl)c3)c3ccccc32)cc1. The summed E-state index contributed by atoms with van der Waals surface area (Å²) in [5.74, 6) is 0.154. The first-order valence-electron chi connectivity index (χ1n) is 9.48. The average molecular weight is 446 g/mol. The fraction of sp³-hybridized carbons (Fsp3) is 0.217. The number of nitrogens with one attached hydrogen (secondary N) is 1. The second kappa shape index (κ2) is 8.11. The van der Waals surface area contributed by atoms with Crippen LogP contribution in [-0.2, 0) is 10.0 Å². The quantitative estimate of drug-likeness (QED) is 0.515. The minimum absolute atomic E-state index is 0.154. The third-order valence-corrected chi connectivity index (χ3v) is 7.69. The van der Waals surface area contributed by atoms with Crippen molar-refractivity contribution in [1.82, 2.24) is 4.72 Å². The first-order valence-corrected chi connectivity index (χ1v) is 11.7. The van der Waals surface area contributed by atoms with Crippen LogP contribution in [0.5, 0.6) is 0 Å². The molecule has 2 atom stereocenters. The topological polar surface area (TPSA) is 46.2 Å². The number of halogens is 2. The summed E-state index contributed by atoms with van der Waals surface area (Å²) < 4.78 is 28.7. The Balaban J connectivity index is 1.66. The molecule has 2 unspecified atom stereocenters. The molecule has 3 aromatic rings. The molecular formula is C23H21Cl2NO2S. The number of rotatable bonds is 4. The summed E-state index contributed by atoms with van der Waals surface area (Å²) in [7, 11) is -3.60. The summed E-state index contributed by atoms with van der Waals surface area (Å²) in [4.78, 5) is 0.284. The van der Waals surface area contributed by atoms with E-state index in [0.717, 1.165) is 28.7 Å². The van der Waals surface area contributed by atoms with Crippen molar-refractivity contribution >= 4 is 33.2 Å². The van der Waals surface area contributed by atoms with Crippen LogP contribution in [0.4, 0.5) is 0 Å². The molecule has 0 saturated carbocycles. The Bertz CT molecular complexity index is 1140. The molecule has 0 aromatic heterocycles. The van der Waals surface area contributed by atoms with Crippen LogP contribution in [0.2, 0.25) is 10.0 Å². The molecule has 0 aliphatic heterocycles. The van der Waals surface area contributed by atoms with Gasteiger partial charge in [-0.25, -0.2) is 13.1 Å². The molecule has 0 bridgehead atoms. The maximum absolute atomic E-state index is 12.9. The van der Waals surface area contributed by atoms with E-state index in [1.165, 1.54) is 0 Å². The van der Waals surface area contributed by atoms with Gasteiger partial charge in [-0.15, -0.1) is 0 Å². The van der Waals surface area contributed by atoms with Crippen molar-refractivity contribution in [2.75, 3.05) is 0 Å². The highest BCUT2D eigenvalue weighted by Gasteiger charge is 2.31. The van der Waals surface area contributed by atoms with Crippen LogP contribution in [0.25, 0.3) is 0 Å². The summed E-state index contributed by atoms with van der Waals surface area (Å²) in [5.41, 5.74) is 4.24. The van der Waals surface area contributed by atoms with Gasteiger partial charge in [0.1, 0.15) is 0 Å². The zero-order valence-corrected chi connectivity index (χ0v) is 18.2. The Morgan fingerprint density at radius 3 is 2.24 bits per heavy atom. The number of hydrogen-bond acceptors (Lipinski definition) is 2. The lowest BCUT2D eigenvalue weighted by Gasteiger charge is -2.32. The van der Waals surface area contributed by atoms with Crippen LogP contribution in [0.15, 0.2) is 71.6 Å². The largest absolute Gasteiger partial charge is 0.241 e. The molecular weight excluding hydrogens is 425 g/mol. The molecule has 0 saturated heterocycles. The van der Waals surface area contributed by atoms with Crippen LogP contribution < -0.4 is 4.72 Å². The van der Waals surface area contributed by atoms with E-state index in [1.807, 2.05) is 55.5 Å². The lowest BCUT2D eigenvalue weighted by Crippen LogP contribution is -2.32. The summed E-state index contributed by atoms with van der Waals surface area (Å²) in [6.07, 6.45) is 1.52. The van der Waals surface area contributed by atoms with Gasteiger partial charge in [0, 0.05) is 12.0 Å². The van der Waals surface area contributed by atoms with Crippen molar-refractivity contribution in [2.24, 2.45) is 0 Å². The van der Waals surface area contributed by atoms with Gasteiger partial charge < -0.3 is 0 Å². The molecule has 0 radical (unpaired) electrons. The molecule has 1 N–H and O–H groups in total. The van der Waals surface area contributed by atoms with Crippen molar-refractivity contribution in [3.05, 3.63) is 99.0 Å². The van der Waals surface area contributed by atoms with E-state index < -0.39 is 10.0 Å². The van der Waals surface area contributed by atoms with Gasteiger partial charge in [-0.2, -0.15) is 0 Å². The van der Waals surface area contributed by atoms with Crippen molar-refractivity contribution in [3.8, 4) is 0 Å². The van der Waals surface area contributed by atoms with Crippen LogP contribution >= 0.6 is 23.2 Å². The molecule has 0 fully saturated rings. The van der Waals surface area contributed by atoms with Crippen molar-refractivity contribution < 1.29 is 8.42 Å². The summed E-state index contributed by atoms with van der Waals surface area (Å²) in [6.45, 7) is 1.93. The van der Waals surface area contributed by atoms with E-state index in [1.54, 1.807) is 12.1 Å². The zero-order chi connectivity index (χ0) is 20.6. The molecule has 0 heterocycles. The van der Waals surface area contributed by atoms with Crippen LogP contribution in [0.1, 0.15) is 47.1 Å². The molecule has 1 aliphatic carbocycles. The highest BCUT2D eigenvalue weighted by Crippen LogP contribution is 2.42. The maximum atomic E-state index is 12.9. The summed E-state index contributed by atoms with van der Waals surface area (Å²) in [5, 5.41) is 1.06. The van der Waals surface area contributed by atoms with Gasteiger partial charge in [-0.05, 0) is 60.7 Å². The second-order valence-electron chi connectivity index (χ2n) is 7.42. The third kappa shape index (κ3) is 4.22. The van der Waals surface area contributed by atoms with Gasteiger partial charge in [0.25, 0.3) is 0 Å². The molecule has 150 valence electrons. The average Bonchev–Trinajstić information content (AvgIpc) is 2.71. The fourth-order valence-corrected chi connectivity index (χ4v) is 5.52. The number of sulfonamides is 1. The van der Waals surface area contributed by atoms with E-state index in [4.69, 9.17) is 23.2 Å². The van der Waals surface area contributed by atoms with E-state index in [0.29, 0.717) is 16.5 Å². The van der Waals surface area contributed by atoms with Gasteiger partial charge in [0.05, 0.1) is 14.9 Å². The monoisotopic (exact) mass is 445 g/mol. The van der Waals surface area contributed by atoms with Gasteiger partial charge in [-0.3, -0.25) is 0 Å². The first-order chi connectivity index (χ1) is 13.8. The smallest absolute Gasteiger partial charge is 0.207 e. The molecule has 6 heteroatoms. The predicted molar refractivity (Wildman–Crippen MR) is 118 cm³/mol. The molecule has 3 nitrogen and oxygen atoms in total. The van der Waals surface area contributed by atoms with E-state index in [2.05, 4.69) is 10.8 Å². The van der Waals surface area contributed by atoms with Crippen molar-refractivity contribution in [1.29, 1.82) is 0 Å². The molecule has 1 aliphatic rings. The highest BCUT2D eigenvalue weighted by molar-refractivity contribution is 7.89. The second-order valence-corrected chi connectivity index (χ2v) is 9.95. The minimum Gasteiger partial charge on any atom is -0.207 e. The summed E-state index contributed by atoms with van der Waals surface area (Å²) in [6, 6.07) is 20.3. The van der Waals surface area contributed by atoms with Gasteiger partial charge in [-0.1, -0.05) is 71.2 Å². The number of benzene rings is 3. The standard InChI is InChI=1S/C23H21Cl2NO2S/c1-15-6-9-17(10-7-15)29(27,28)26-23-13-11-18(19-4-2-3-5-20(19)23)16-8-12-21(24)22(25)14-16/h2-10,12,14,18,23,26H,11,13H2,1H3. The van der Waals surface area contributed by atoms with Crippen LogP contribution in [0.3, 0.4) is 0 Å². The lowest BCUT2D eigenvalue weighted by molar-refractivity contribution is 0.485. The van der Waals surface area contributed by atoms with Gasteiger partial charge in [0.15, 0.2) is 0 Å². The Morgan fingerprint density at radius 1 is 0.862 bits per heavy atom. The first kappa shape index (κ1) is 20.4. The highest BCUT2D eigenvalue weighted by atomic mass is 35.5. The Labute approximate surface area is 181 Å². The Hall–Kier alpha value is -1.85. The Morgan fingerprint density at radius 2 is 1.55 bits per heavy atom. The molecule has 3 aromatic carbocycles. The third-order valence-electron chi connectivity index (χ3n) is 5.47. The van der Waals surface area contributed by atoms with Crippen LogP contribution in [-0.4, -0.2) is 8.42 Å². The zero-order valence-electron chi connectivity index (χ0n) is 15.9. The molecule has 4 rings (SSSR count). The normalized spacial score (nSPS) is 19.0. The number of fused-ring (bicyclic) bond motifs is 1. The van der Waals surface area contributed by atoms with Crippen molar-refractivity contribution in [2.45, 2.75) is 36.6 Å². The number of hydrogen-bond donors (Lipinski definition) is 1. The lowest BCUT2D eigenvalue weighted by atomic mass is 9.77. The summed E-state index contributed by atoms with van der Waals surface area (Å²) >= 11 is 12.3. The molecule has 29 heavy (non-hydrogen) atoms. The van der Waals surface area contributed by atoms with Crippen molar-refractivity contribution in [3.63, 3.8) is 0 Å². The fourth-order valence-electron chi connectivity index (χ4n) is 3.96.